The van der Waals surface area contributed by atoms with E-state index in [9.17, 15) is 0 Å². The van der Waals surface area contributed by atoms with E-state index in [1.165, 1.54) is 26.8 Å². The van der Waals surface area contributed by atoms with E-state index in [1.54, 1.807) is 0 Å². The molecule has 1 aliphatic rings. The van der Waals surface area contributed by atoms with Crippen molar-refractivity contribution in [3.8, 4) is 0 Å². The first kappa shape index (κ1) is 25.6. The van der Waals surface area contributed by atoms with E-state index in [0.29, 0.717) is 0 Å². The molecule has 1 N–H and O–H groups in total. The second-order valence-electron chi connectivity index (χ2n) is 8.13. The number of nitrogens with one attached hydrogen (secondary N) is 1. The minimum absolute atomic E-state index is 0. The van der Waals surface area contributed by atoms with Gasteiger partial charge in [0, 0.05) is 5.57 Å². The molecule has 0 atom stereocenters. The Morgan fingerprint density at radius 3 is 0.939 bits per heavy atom. The van der Waals surface area contributed by atoms with Crippen LogP contribution in [0.2, 0.25) is 0 Å². The first-order valence-electron chi connectivity index (χ1n) is 10.7. The van der Waals surface area contributed by atoms with Crippen LogP contribution in [-0.2, 0) is 0 Å². The average molecular weight is 510 g/mol. The summed E-state index contributed by atoms with van der Waals surface area (Å²) in [5.41, 5.74) is 1.35. The monoisotopic (exact) mass is 509 g/mol. The molecule has 1 fully saturated rings. The fourth-order valence-corrected chi connectivity index (χ4v) is 15.2. The lowest BCUT2D eigenvalue weighted by Gasteiger charge is -2.39. The van der Waals surface area contributed by atoms with Gasteiger partial charge in [-0.3, -0.25) is 0 Å². The van der Waals surface area contributed by atoms with Crippen LogP contribution >= 0.6 is 14.8 Å². The normalized spacial score (nSPS) is 16.2. The van der Waals surface area contributed by atoms with E-state index in [0.717, 1.165) is 12.3 Å². The standard InChI is InChI=1S/C28H27NP2.2ClH/c1-24-22-30(25-14-6-2-7-15-25,26-16-8-3-9-17-26)29-31(23-24,27-18-10-4-11-19-27)28-20-12-5-13-21-28;;/h2-21,29H,1,22-23H2;2*1H/q+2;;/p-2. The molecule has 0 aliphatic carbocycles. The first-order chi connectivity index (χ1) is 15.2. The summed E-state index contributed by atoms with van der Waals surface area (Å²) in [7, 11) is -3.81. The van der Waals surface area contributed by atoms with E-state index < -0.39 is 14.8 Å². The molecule has 168 valence electrons. The van der Waals surface area contributed by atoms with Crippen molar-refractivity contribution in [3.63, 3.8) is 0 Å². The van der Waals surface area contributed by atoms with E-state index >= 15 is 0 Å². The molecule has 0 aromatic heterocycles. The zero-order chi connectivity index (χ0) is 21.2. The Morgan fingerprint density at radius 1 is 0.455 bits per heavy atom. The van der Waals surface area contributed by atoms with Crippen molar-refractivity contribution in [2.45, 2.75) is 0 Å². The summed E-state index contributed by atoms with van der Waals surface area (Å²) in [5, 5.41) is 5.60. The minimum atomic E-state index is -1.90. The van der Waals surface area contributed by atoms with Crippen LogP contribution in [0.4, 0.5) is 0 Å². The Bertz CT molecular complexity index is 998. The average Bonchev–Trinajstić information content (AvgIpc) is 2.86. The molecule has 1 heterocycles. The Kier molecular flexibility index (Phi) is 8.52. The van der Waals surface area contributed by atoms with Gasteiger partial charge in [0.2, 0.25) is 0 Å². The smallest absolute Gasteiger partial charge is 0.188 e. The van der Waals surface area contributed by atoms with Crippen molar-refractivity contribution in [2.24, 2.45) is 0 Å². The molecule has 1 nitrogen and oxygen atoms in total. The van der Waals surface area contributed by atoms with Gasteiger partial charge in [-0.25, -0.2) is 0 Å². The van der Waals surface area contributed by atoms with Crippen molar-refractivity contribution < 1.29 is 24.8 Å². The Balaban J connectivity index is 0.00000153. The number of rotatable bonds is 4. The van der Waals surface area contributed by atoms with Crippen LogP contribution in [0.25, 0.3) is 0 Å². The lowest BCUT2D eigenvalue weighted by atomic mass is 10.4. The second kappa shape index (κ2) is 11.0. The van der Waals surface area contributed by atoms with Gasteiger partial charge in [-0.15, -0.1) is 0 Å². The van der Waals surface area contributed by atoms with Crippen LogP contribution in [0.3, 0.4) is 0 Å². The van der Waals surface area contributed by atoms with E-state index in [1.807, 2.05) is 0 Å². The number of halogens is 2. The predicted molar refractivity (Wildman–Crippen MR) is 140 cm³/mol. The SMILES string of the molecule is C=C1C[P+](c2ccccc2)(c2ccccc2)N[P+](c2ccccc2)(c2ccccc2)C1.[Cl-].[Cl-]. The summed E-state index contributed by atoms with van der Waals surface area (Å²) in [5.74, 6) is 0. The van der Waals surface area contributed by atoms with Crippen molar-refractivity contribution in [3.05, 3.63) is 133 Å². The molecule has 4 aromatic rings. The summed E-state index contributed by atoms with van der Waals surface area (Å²) >= 11 is 0. The van der Waals surface area contributed by atoms with Gasteiger partial charge in [0.25, 0.3) is 0 Å². The summed E-state index contributed by atoms with van der Waals surface area (Å²) < 4.78 is 0. The fourth-order valence-electron chi connectivity index (χ4n) is 4.71. The van der Waals surface area contributed by atoms with Crippen LogP contribution in [0.1, 0.15) is 0 Å². The lowest BCUT2D eigenvalue weighted by molar-refractivity contribution is -0.00100. The molecule has 0 unspecified atom stereocenters. The fraction of sp³-hybridized carbons (Fsp3) is 0.0714. The van der Waals surface area contributed by atoms with E-state index in [-0.39, 0.29) is 24.8 Å². The first-order valence-corrected chi connectivity index (χ1v) is 14.6. The maximum atomic E-state index is 4.62. The van der Waals surface area contributed by atoms with E-state index in [2.05, 4.69) is 133 Å². The molecule has 5 rings (SSSR count). The zero-order valence-electron chi connectivity index (χ0n) is 18.3. The lowest BCUT2D eigenvalue weighted by Crippen LogP contribution is -3.00. The van der Waals surface area contributed by atoms with Gasteiger partial charge in [-0.1, -0.05) is 84.2 Å². The minimum Gasteiger partial charge on any atom is -1.00 e. The van der Waals surface area contributed by atoms with Crippen LogP contribution in [0.5, 0.6) is 0 Å². The molecule has 0 radical (unpaired) electrons. The quantitative estimate of drug-likeness (QED) is 0.284. The third-order valence-corrected chi connectivity index (χ3v) is 15.3. The molecule has 0 bridgehead atoms. The largest absolute Gasteiger partial charge is 1.00 e. The van der Waals surface area contributed by atoms with Crippen molar-refractivity contribution in [1.82, 2.24) is 4.86 Å². The summed E-state index contributed by atoms with van der Waals surface area (Å²) in [6.45, 7) is 4.62. The molecule has 5 heteroatoms. The predicted octanol–water partition coefficient (Wildman–Crippen LogP) is -0.679. The highest BCUT2D eigenvalue weighted by Gasteiger charge is 2.61. The highest BCUT2D eigenvalue weighted by molar-refractivity contribution is 8.02. The molecule has 33 heavy (non-hydrogen) atoms. The third-order valence-electron chi connectivity index (χ3n) is 6.05. The molecule has 1 aliphatic heterocycles. The highest BCUT2D eigenvalue weighted by atomic mass is 35.5. The molecule has 0 saturated carbocycles. The zero-order valence-corrected chi connectivity index (χ0v) is 21.6. The molecule has 1 saturated heterocycles. The van der Waals surface area contributed by atoms with Crippen molar-refractivity contribution >= 4 is 36.0 Å². The van der Waals surface area contributed by atoms with Gasteiger partial charge in [0.1, 0.15) is 33.5 Å². The van der Waals surface area contributed by atoms with Gasteiger partial charge in [0.05, 0.1) is 0 Å². The van der Waals surface area contributed by atoms with Crippen LogP contribution in [0.15, 0.2) is 133 Å². The van der Waals surface area contributed by atoms with Gasteiger partial charge in [-0.2, -0.15) is 0 Å². The van der Waals surface area contributed by atoms with Gasteiger partial charge in [-0.05, 0) is 48.5 Å². The van der Waals surface area contributed by atoms with Crippen LogP contribution in [0, 0.1) is 0 Å². The molecular weight excluding hydrogens is 483 g/mol. The van der Waals surface area contributed by atoms with Gasteiger partial charge < -0.3 is 24.8 Å². The molecule has 0 amide bonds. The molecule has 0 spiro atoms. The van der Waals surface area contributed by atoms with Crippen LogP contribution < -0.4 is 50.9 Å². The number of allylic oxidation sites excluding steroid dienone is 1. The maximum Gasteiger partial charge on any atom is 0.188 e. The summed E-state index contributed by atoms with van der Waals surface area (Å²) in [6.07, 6.45) is 2.00. The summed E-state index contributed by atoms with van der Waals surface area (Å²) in [6, 6.07) is 44.2. The Labute approximate surface area is 211 Å². The Morgan fingerprint density at radius 2 is 0.697 bits per heavy atom. The number of hydrogen-bond donors (Lipinski definition) is 1. The molecule has 4 aromatic carbocycles. The highest BCUT2D eigenvalue weighted by Crippen LogP contribution is 2.71. The third kappa shape index (κ3) is 4.81. The van der Waals surface area contributed by atoms with Crippen molar-refractivity contribution in [2.75, 3.05) is 12.3 Å². The van der Waals surface area contributed by atoms with Gasteiger partial charge in [0.15, 0.2) is 14.8 Å². The Hall–Kier alpha value is -1.98. The topological polar surface area (TPSA) is 12.0 Å². The van der Waals surface area contributed by atoms with Gasteiger partial charge >= 0.3 is 0 Å². The van der Waals surface area contributed by atoms with Crippen LogP contribution in [-0.4, -0.2) is 12.3 Å². The van der Waals surface area contributed by atoms with Crippen molar-refractivity contribution in [1.29, 1.82) is 0 Å². The number of hydrogen-bond acceptors (Lipinski definition) is 1. The van der Waals surface area contributed by atoms with E-state index in [4.69, 9.17) is 0 Å². The second-order valence-corrected chi connectivity index (χ2v) is 14.9. The summed E-state index contributed by atoms with van der Waals surface area (Å²) in [4.78, 5) is 4.44. The maximum absolute atomic E-state index is 4.62. The number of benzene rings is 4. The molecular formula is C28H27Cl2NP2.